The van der Waals surface area contributed by atoms with Gasteiger partial charge in [-0.3, -0.25) is 0 Å². The van der Waals surface area contributed by atoms with Gasteiger partial charge in [0.15, 0.2) is 0 Å². The fourth-order valence-electron chi connectivity index (χ4n) is 3.54. The highest BCUT2D eigenvalue weighted by molar-refractivity contribution is 6.30. The molecule has 128 valence electrons. The van der Waals surface area contributed by atoms with Gasteiger partial charge in [0.05, 0.1) is 0 Å². The quantitative estimate of drug-likeness (QED) is 0.690. The lowest BCUT2D eigenvalue weighted by Crippen LogP contribution is -2.37. The first-order valence-electron chi connectivity index (χ1n) is 8.56. The number of fused-ring (bicyclic) bond motifs is 1. The number of rotatable bonds is 3. The lowest BCUT2D eigenvalue weighted by Gasteiger charge is -2.31. The molecular formula is C21H20ClNO2. The van der Waals surface area contributed by atoms with E-state index in [9.17, 15) is 5.11 Å². The van der Waals surface area contributed by atoms with Crippen LogP contribution in [0.5, 0.6) is 11.5 Å². The van der Waals surface area contributed by atoms with Crippen LogP contribution in [0.2, 0.25) is 5.02 Å². The third-order valence-electron chi connectivity index (χ3n) is 4.73. The third kappa shape index (κ3) is 3.58. The molecule has 0 amide bonds. The number of phenolic OH excluding ortho intramolecular Hbond substituents is 1. The van der Waals surface area contributed by atoms with Crippen molar-refractivity contribution in [3.8, 4) is 11.5 Å². The van der Waals surface area contributed by atoms with Crippen LogP contribution in [-0.2, 0) is 0 Å². The SMILES string of the molecule is Oc1cc(C2CC(Oc3ccc(Cl)cc3)CCN2)c2ccccc2c1. The number of hydrogen-bond acceptors (Lipinski definition) is 3. The highest BCUT2D eigenvalue weighted by Crippen LogP contribution is 2.34. The molecule has 1 heterocycles. The normalized spacial score (nSPS) is 20.5. The average molecular weight is 354 g/mol. The maximum Gasteiger partial charge on any atom is 0.119 e. The maximum absolute atomic E-state index is 10.1. The molecule has 0 saturated carbocycles. The number of halogens is 1. The van der Waals surface area contributed by atoms with Crippen LogP contribution in [-0.4, -0.2) is 17.8 Å². The Bertz CT molecular complexity index is 879. The predicted molar refractivity (Wildman–Crippen MR) is 101 cm³/mol. The summed E-state index contributed by atoms with van der Waals surface area (Å²) in [5.41, 5.74) is 1.13. The van der Waals surface area contributed by atoms with Crippen LogP contribution in [0.25, 0.3) is 10.8 Å². The first-order valence-corrected chi connectivity index (χ1v) is 8.94. The number of piperidine rings is 1. The molecule has 3 nitrogen and oxygen atoms in total. The summed E-state index contributed by atoms with van der Waals surface area (Å²) in [7, 11) is 0. The molecule has 0 aliphatic carbocycles. The largest absolute Gasteiger partial charge is 0.508 e. The van der Waals surface area contributed by atoms with Crippen molar-refractivity contribution in [3.05, 3.63) is 71.2 Å². The zero-order chi connectivity index (χ0) is 17.2. The number of benzene rings is 3. The van der Waals surface area contributed by atoms with Crippen LogP contribution in [0.1, 0.15) is 24.4 Å². The van der Waals surface area contributed by atoms with Gasteiger partial charge in [-0.05, 0) is 65.7 Å². The average Bonchev–Trinajstić information content (AvgIpc) is 2.63. The van der Waals surface area contributed by atoms with Crippen LogP contribution in [0, 0.1) is 0 Å². The molecule has 0 radical (unpaired) electrons. The molecule has 1 aliphatic rings. The van der Waals surface area contributed by atoms with Crippen LogP contribution >= 0.6 is 11.6 Å². The van der Waals surface area contributed by atoms with Gasteiger partial charge in [-0.1, -0.05) is 35.9 Å². The van der Waals surface area contributed by atoms with Crippen molar-refractivity contribution in [2.45, 2.75) is 25.0 Å². The highest BCUT2D eigenvalue weighted by Gasteiger charge is 2.25. The summed E-state index contributed by atoms with van der Waals surface area (Å²) in [6.07, 6.45) is 1.94. The van der Waals surface area contributed by atoms with E-state index in [0.717, 1.165) is 36.1 Å². The van der Waals surface area contributed by atoms with Crippen molar-refractivity contribution in [2.75, 3.05) is 6.54 Å². The van der Waals surface area contributed by atoms with E-state index >= 15 is 0 Å². The maximum atomic E-state index is 10.1. The molecule has 2 atom stereocenters. The second kappa shape index (κ2) is 6.95. The number of nitrogens with one attached hydrogen (secondary N) is 1. The van der Waals surface area contributed by atoms with Crippen LogP contribution in [0.15, 0.2) is 60.7 Å². The molecule has 3 aromatic carbocycles. The van der Waals surface area contributed by atoms with Crippen molar-refractivity contribution in [3.63, 3.8) is 0 Å². The molecule has 4 rings (SSSR count). The number of ether oxygens (including phenoxy) is 1. The summed E-state index contributed by atoms with van der Waals surface area (Å²) in [5.74, 6) is 1.15. The summed E-state index contributed by atoms with van der Waals surface area (Å²) in [5, 5.41) is 16.6. The van der Waals surface area contributed by atoms with Gasteiger partial charge >= 0.3 is 0 Å². The molecule has 1 saturated heterocycles. The molecule has 1 fully saturated rings. The van der Waals surface area contributed by atoms with E-state index in [-0.39, 0.29) is 12.1 Å². The summed E-state index contributed by atoms with van der Waals surface area (Å²) in [4.78, 5) is 0. The Labute approximate surface area is 152 Å². The Morgan fingerprint density at radius 3 is 2.68 bits per heavy atom. The van der Waals surface area contributed by atoms with Crippen LogP contribution in [0.4, 0.5) is 0 Å². The molecule has 0 spiro atoms. The smallest absolute Gasteiger partial charge is 0.119 e. The number of aromatic hydroxyl groups is 1. The van der Waals surface area contributed by atoms with Gasteiger partial charge in [-0.25, -0.2) is 0 Å². The first kappa shape index (κ1) is 16.2. The van der Waals surface area contributed by atoms with Crippen molar-refractivity contribution in [1.82, 2.24) is 5.32 Å². The van der Waals surface area contributed by atoms with Crippen molar-refractivity contribution >= 4 is 22.4 Å². The first-order chi connectivity index (χ1) is 12.2. The minimum Gasteiger partial charge on any atom is -0.508 e. The summed E-state index contributed by atoms with van der Waals surface area (Å²) in [6, 6.07) is 19.5. The number of hydrogen-bond donors (Lipinski definition) is 2. The molecule has 0 aromatic heterocycles. The fraction of sp³-hybridized carbons (Fsp3) is 0.238. The minimum atomic E-state index is 0.133. The zero-order valence-electron chi connectivity index (χ0n) is 13.8. The van der Waals surface area contributed by atoms with Crippen molar-refractivity contribution in [1.29, 1.82) is 0 Å². The molecule has 1 aliphatic heterocycles. The van der Waals surface area contributed by atoms with Gasteiger partial charge < -0.3 is 15.2 Å². The predicted octanol–water partition coefficient (Wildman–Crippen LogP) is 5.07. The van der Waals surface area contributed by atoms with Gasteiger partial charge in [0.2, 0.25) is 0 Å². The minimum absolute atomic E-state index is 0.133. The topological polar surface area (TPSA) is 41.5 Å². The van der Waals surface area contributed by atoms with Crippen molar-refractivity contribution in [2.24, 2.45) is 0 Å². The lowest BCUT2D eigenvalue weighted by molar-refractivity contribution is 0.140. The molecule has 3 aromatic rings. The van der Waals surface area contributed by atoms with Gasteiger partial charge in [0, 0.05) is 17.5 Å². The molecule has 25 heavy (non-hydrogen) atoms. The summed E-state index contributed by atoms with van der Waals surface area (Å²) < 4.78 is 6.14. The van der Waals surface area contributed by atoms with E-state index in [0.29, 0.717) is 10.8 Å². The lowest BCUT2D eigenvalue weighted by atomic mass is 9.91. The van der Waals surface area contributed by atoms with Gasteiger partial charge in [-0.2, -0.15) is 0 Å². The van der Waals surface area contributed by atoms with E-state index < -0.39 is 0 Å². The Morgan fingerprint density at radius 2 is 1.84 bits per heavy atom. The highest BCUT2D eigenvalue weighted by atomic mass is 35.5. The molecular weight excluding hydrogens is 334 g/mol. The number of phenols is 1. The molecule has 0 bridgehead atoms. The van der Waals surface area contributed by atoms with E-state index in [1.54, 1.807) is 0 Å². The second-order valence-electron chi connectivity index (χ2n) is 6.48. The van der Waals surface area contributed by atoms with Gasteiger partial charge in [0.25, 0.3) is 0 Å². The fourth-order valence-corrected chi connectivity index (χ4v) is 3.67. The Balaban J connectivity index is 1.58. The van der Waals surface area contributed by atoms with E-state index in [1.165, 1.54) is 5.39 Å². The zero-order valence-corrected chi connectivity index (χ0v) is 14.5. The van der Waals surface area contributed by atoms with Crippen LogP contribution in [0.3, 0.4) is 0 Å². The van der Waals surface area contributed by atoms with E-state index in [2.05, 4.69) is 11.4 Å². The molecule has 2 N–H and O–H groups in total. The third-order valence-corrected chi connectivity index (χ3v) is 4.98. The Hall–Kier alpha value is -2.23. The van der Waals surface area contributed by atoms with Crippen molar-refractivity contribution < 1.29 is 9.84 Å². The second-order valence-corrected chi connectivity index (χ2v) is 6.92. The van der Waals surface area contributed by atoms with Gasteiger partial charge in [0.1, 0.15) is 17.6 Å². The monoisotopic (exact) mass is 353 g/mol. The van der Waals surface area contributed by atoms with E-state index in [1.807, 2.05) is 54.6 Å². The van der Waals surface area contributed by atoms with Crippen LogP contribution < -0.4 is 10.1 Å². The Morgan fingerprint density at radius 1 is 1.04 bits per heavy atom. The molecule has 2 unspecified atom stereocenters. The van der Waals surface area contributed by atoms with Gasteiger partial charge in [-0.15, -0.1) is 0 Å². The Kier molecular flexibility index (Phi) is 4.51. The van der Waals surface area contributed by atoms with E-state index in [4.69, 9.17) is 16.3 Å². The summed E-state index contributed by atoms with van der Waals surface area (Å²) in [6.45, 7) is 0.882. The molecule has 4 heteroatoms. The summed E-state index contributed by atoms with van der Waals surface area (Å²) >= 11 is 5.94. The standard InChI is InChI=1S/C21H20ClNO2/c22-15-5-7-17(8-6-15)25-18-9-10-23-21(13-18)20-12-16(24)11-14-3-1-2-4-19(14)20/h1-8,11-12,18,21,23-24H,9-10,13H2.